The maximum absolute atomic E-state index is 5.55. The number of hydrogen-bond acceptors (Lipinski definition) is 3. The molecule has 0 fully saturated rings. The zero-order valence-corrected chi connectivity index (χ0v) is 13.3. The molecule has 0 N–H and O–H groups in total. The summed E-state index contributed by atoms with van der Waals surface area (Å²) in [5.74, 6) is 0. The summed E-state index contributed by atoms with van der Waals surface area (Å²) in [7, 11) is 0. The predicted molar refractivity (Wildman–Crippen MR) is 83.9 cm³/mol. The van der Waals surface area contributed by atoms with Gasteiger partial charge in [0, 0.05) is 0 Å². The molecule has 0 radical (unpaired) electrons. The Balaban J connectivity index is 3.19. The second kappa shape index (κ2) is 12.7. The molecule has 0 saturated carbocycles. The SMILES string of the molecule is CCCCCCCCCCC(C)OC(=S)SC. The molecule has 0 heterocycles. The molecule has 0 amide bonds. The topological polar surface area (TPSA) is 9.23 Å². The van der Waals surface area contributed by atoms with Gasteiger partial charge in [-0.05, 0) is 38.2 Å². The van der Waals surface area contributed by atoms with Gasteiger partial charge in [-0.3, -0.25) is 0 Å². The number of thiocarbonyl (C=S) groups is 1. The average molecular weight is 277 g/mol. The van der Waals surface area contributed by atoms with Gasteiger partial charge < -0.3 is 4.74 Å². The third-order valence-corrected chi connectivity index (χ3v) is 3.95. The second-order valence-corrected chi connectivity index (χ2v) is 6.05. The minimum absolute atomic E-state index is 0.287. The Bertz CT molecular complexity index is 183. The smallest absolute Gasteiger partial charge is 0.219 e. The average Bonchev–Trinajstić information content (AvgIpc) is 2.32. The molecule has 0 bridgehead atoms. The van der Waals surface area contributed by atoms with Crippen molar-refractivity contribution >= 4 is 28.4 Å². The molecule has 0 aromatic carbocycles. The minimum Gasteiger partial charge on any atom is -0.476 e. The lowest BCUT2D eigenvalue weighted by molar-refractivity contribution is 0.205. The first-order valence-corrected chi connectivity index (χ1v) is 8.58. The van der Waals surface area contributed by atoms with Crippen LogP contribution in [-0.4, -0.2) is 16.7 Å². The van der Waals surface area contributed by atoms with Gasteiger partial charge in [0.25, 0.3) is 0 Å². The molecule has 0 aromatic rings. The Morgan fingerprint density at radius 2 is 1.59 bits per heavy atom. The molecular weight excluding hydrogens is 248 g/mol. The molecule has 1 nitrogen and oxygen atoms in total. The van der Waals surface area contributed by atoms with Crippen LogP contribution in [0.25, 0.3) is 0 Å². The van der Waals surface area contributed by atoms with Crippen molar-refractivity contribution in [3.63, 3.8) is 0 Å². The third kappa shape index (κ3) is 12.5. The van der Waals surface area contributed by atoms with Gasteiger partial charge in [0.2, 0.25) is 4.38 Å². The Labute approximate surface area is 117 Å². The summed E-state index contributed by atoms with van der Waals surface area (Å²) >= 11 is 6.55. The highest BCUT2D eigenvalue weighted by molar-refractivity contribution is 8.22. The molecule has 102 valence electrons. The third-order valence-electron chi connectivity index (χ3n) is 2.93. The molecule has 0 spiro atoms. The van der Waals surface area contributed by atoms with Crippen LogP contribution < -0.4 is 0 Å². The van der Waals surface area contributed by atoms with Crippen molar-refractivity contribution in [1.29, 1.82) is 0 Å². The molecule has 0 saturated heterocycles. The molecule has 0 aliphatic rings. The van der Waals surface area contributed by atoms with Crippen LogP contribution in [0.2, 0.25) is 0 Å². The van der Waals surface area contributed by atoms with E-state index in [4.69, 9.17) is 17.0 Å². The molecule has 0 aliphatic heterocycles. The van der Waals surface area contributed by atoms with Gasteiger partial charge in [-0.15, -0.1) is 0 Å². The van der Waals surface area contributed by atoms with Crippen molar-refractivity contribution < 1.29 is 4.74 Å². The first-order chi connectivity index (χ1) is 8.20. The van der Waals surface area contributed by atoms with E-state index in [0.717, 1.165) is 6.42 Å². The van der Waals surface area contributed by atoms with Crippen molar-refractivity contribution in [3.05, 3.63) is 0 Å². The second-order valence-electron chi connectivity index (χ2n) is 4.65. The van der Waals surface area contributed by atoms with E-state index in [-0.39, 0.29) is 6.10 Å². The fourth-order valence-corrected chi connectivity index (χ4v) is 2.26. The lowest BCUT2D eigenvalue weighted by Crippen LogP contribution is -2.10. The first kappa shape index (κ1) is 17.2. The highest BCUT2D eigenvalue weighted by atomic mass is 32.2. The van der Waals surface area contributed by atoms with Gasteiger partial charge in [-0.25, -0.2) is 0 Å². The standard InChI is InChI=1S/C14H28OS2/c1-4-5-6-7-8-9-10-11-12-13(2)15-14(16)17-3/h13H,4-12H2,1-3H3. The number of thioether (sulfide) groups is 1. The highest BCUT2D eigenvalue weighted by Gasteiger charge is 2.04. The number of unbranched alkanes of at least 4 members (excludes halogenated alkanes) is 7. The van der Waals surface area contributed by atoms with Crippen molar-refractivity contribution in [3.8, 4) is 0 Å². The van der Waals surface area contributed by atoms with Crippen molar-refractivity contribution in [2.45, 2.75) is 77.7 Å². The Morgan fingerprint density at radius 1 is 1.06 bits per heavy atom. The summed E-state index contributed by atoms with van der Waals surface area (Å²) in [5, 5.41) is 0. The van der Waals surface area contributed by atoms with Crippen molar-refractivity contribution in [1.82, 2.24) is 0 Å². The van der Waals surface area contributed by atoms with Gasteiger partial charge in [0.1, 0.15) is 0 Å². The normalized spacial score (nSPS) is 12.4. The van der Waals surface area contributed by atoms with Gasteiger partial charge >= 0.3 is 0 Å². The molecule has 0 aliphatic carbocycles. The monoisotopic (exact) mass is 276 g/mol. The van der Waals surface area contributed by atoms with Gasteiger partial charge in [-0.1, -0.05) is 63.6 Å². The van der Waals surface area contributed by atoms with Crippen LogP contribution >= 0.6 is 24.0 Å². The lowest BCUT2D eigenvalue weighted by Gasteiger charge is -2.13. The molecular formula is C14H28OS2. The van der Waals surface area contributed by atoms with Crippen LogP contribution in [-0.2, 0) is 4.74 Å². The number of ether oxygens (including phenoxy) is 1. The number of rotatable bonds is 10. The van der Waals surface area contributed by atoms with Crippen molar-refractivity contribution in [2.24, 2.45) is 0 Å². The number of hydrogen-bond donors (Lipinski definition) is 0. The Morgan fingerprint density at radius 3 is 2.12 bits per heavy atom. The van der Waals surface area contributed by atoms with Crippen LogP contribution in [0.5, 0.6) is 0 Å². The van der Waals surface area contributed by atoms with E-state index < -0.39 is 0 Å². The van der Waals surface area contributed by atoms with Crippen LogP contribution in [0.4, 0.5) is 0 Å². The fraction of sp³-hybridized carbons (Fsp3) is 0.929. The molecule has 3 heteroatoms. The fourth-order valence-electron chi connectivity index (χ4n) is 1.84. The van der Waals surface area contributed by atoms with Crippen LogP contribution in [0.1, 0.15) is 71.6 Å². The van der Waals surface area contributed by atoms with Crippen molar-refractivity contribution in [2.75, 3.05) is 6.26 Å². The van der Waals surface area contributed by atoms with E-state index in [1.807, 2.05) is 6.26 Å². The lowest BCUT2D eigenvalue weighted by atomic mass is 10.1. The quantitative estimate of drug-likeness (QED) is 0.381. The van der Waals surface area contributed by atoms with Gasteiger partial charge in [-0.2, -0.15) is 0 Å². The first-order valence-electron chi connectivity index (χ1n) is 6.95. The summed E-state index contributed by atoms with van der Waals surface area (Å²) in [6, 6.07) is 0. The van der Waals surface area contributed by atoms with Crippen LogP contribution in [0.15, 0.2) is 0 Å². The molecule has 17 heavy (non-hydrogen) atoms. The molecule has 0 aromatic heterocycles. The van der Waals surface area contributed by atoms with Crippen LogP contribution in [0.3, 0.4) is 0 Å². The Hall–Kier alpha value is 0.240. The maximum Gasteiger partial charge on any atom is 0.219 e. The zero-order chi connectivity index (χ0) is 12.9. The summed E-state index contributed by atoms with van der Waals surface area (Å²) in [6.07, 6.45) is 14.3. The van der Waals surface area contributed by atoms with E-state index in [0.29, 0.717) is 4.38 Å². The Kier molecular flexibility index (Phi) is 12.9. The van der Waals surface area contributed by atoms with Crippen LogP contribution in [0, 0.1) is 0 Å². The van der Waals surface area contributed by atoms with E-state index in [9.17, 15) is 0 Å². The molecule has 1 unspecified atom stereocenters. The predicted octanol–water partition coefficient (Wildman–Crippen LogP) is 5.57. The van der Waals surface area contributed by atoms with E-state index in [1.54, 1.807) is 0 Å². The zero-order valence-electron chi connectivity index (χ0n) is 11.7. The van der Waals surface area contributed by atoms with Gasteiger partial charge in [0.05, 0.1) is 6.10 Å². The summed E-state index contributed by atoms with van der Waals surface area (Å²) in [4.78, 5) is 0. The highest BCUT2D eigenvalue weighted by Crippen LogP contribution is 2.13. The van der Waals surface area contributed by atoms with E-state index in [1.165, 1.54) is 63.1 Å². The van der Waals surface area contributed by atoms with Gasteiger partial charge in [0.15, 0.2) is 0 Å². The summed E-state index contributed by atoms with van der Waals surface area (Å²) < 4.78 is 6.23. The largest absolute Gasteiger partial charge is 0.476 e. The summed E-state index contributed by atoms with van der Waals surface area (Å²) in [6.45, 7) is 4.38. The van der Waals surface area contributed by atoms with E-state index >= 15 is 0 Å². The summed E-state index contributed by atoms with van der Waals surface area (Å²) in [5.41, 5.74) is 0. The minimum atomic E-state index is 0.287. The maximum atomic E-state index is 5.55. The van der Waals surface area contributed by atoms with E-state index in [2.05, 4.69) is 13.8 Å². The molecule has 0 rings (SSSR count). The molecule has 1 atom stereocenters.